The zero-order valence-corrected chi connectivity index (χ0v) is 16.7. The third kappa shape index (κ3) is 3.04. The van der Waals surface area contributed by atoms with Gasteiger partial charge in [-0.1, -0.05) is 31.2 Å². The summed E-state index contributed by atoms with van der Waals surface area (Å²) in [6, 6.07) is 1.73. The van der Waals surface area contributed by atoms with Gasteiger partial charge in [-0.15, -0.1) is 0 Å². The van der Waals surface area contributed by atoms with Gasteiger partial charge in [-0.3, -0.25) is 14.5 Å². The minimum Gasteiger partial charge on any atom is -0.360 e. The standard InChI is InChI=1S/C20H28N4O4/c1-4-23(5-2)10-6-9-21-18(25)16-14-7-8-20(27-14)12-24(19(26)17(16)20)15-11-13(3)28-22-15/h7-8,11,14,16-17H,4-6,9-10,12H2,1-3H3,(H,21,25)/t14?,16?,17?,20-/m0/s1. The summed E-state index contributed by atoms with van der Waals surface area (Å²) in [5.74, 6) is -0.118. The second-order valence-corrected chi connectivity index (χ2v) is 7.79. The molecular weight excluding hydrogens is 360 g/mol. The predicted molar refractivity (Wildman–Crippen MR) is 103 cm³/mol. The summed E-state index contributed by atoms with van der Waals surface area (Å²) in [5, 5.41) is 6.98. The van der Waals surface area contributed by atoms with Crippen molar-refractivity contribution < 1.29 is 18.8 Å². The number of hydrogen-bond acceptors (Lipinski definition) is 6. The number of hydrogen-bond donors (Lipinski definition) is 1. The van der Waals surface area contributed by atoms with Crippen LogP contribution in [0, 0.1) is 18.8 Å². The van der Waals surface area contributed by atoms with E-state index in [1.807, 2.05) is 12.2 Å². The van der Waals surface area contributed by atoms with Gasteiger partial charge < -0.3 is 19.5 Å². The van der Waals surface area contributed by atoms with Gasteiger partial charge in [0.1, 0.15) is 11.4 Å². The molecule has 2 amide bonds. The van der Waals surface area contributed by atoms with Crippen LogP contribution in [-0.2, 0) is 14.3 Å². The molecule has 3 aliphatic heterocycles. The van der Waals surface area contributed by atoms with Crippen molar-refractivity contribution in [1.29, 1.82) is 0 Å². The van der Waals surface area contributed by atoms with Gasteiger partial charge in [0, 0.05) is 12.6 Å². The molecule has 3 aliphatic rings. The van der Waals surface area contributed by atoms with Gasteiger partial charge in [-0.2, -0.15) is 0 Å². The number of nitrogens with one attached hydrogen (secondary N) is 1. The summed E-state index contributed by atoms with van der Waals surface area (Å²) in [7, 11) is 0. The van der Waals surface area contributed by atoms with Crippen LogP contribution in [0.5, 0.6) is 0 Å². The van der Waals surface area contributed by atoms with Crippen LogP contribution in [0.1, 0.15) is 26.0 Å². The lowest BCUT2D eigenvalue weighted by molar-refractivity contribution is -0.131. The Morgan fingerprint density at radius 2 is 2.21 bits per heavy atom. The second-order valence-electron chi connectivity index (χ2n) is 7.79. The maximum absolute atomic E-state index is 13.1. The molecule has 8 heteroatoms. The van der Waals surface area contributed by atoms with Crippen molar-refractivity contribution in [3.8, 4) is 0 Å². The molecule has 8 nitrogen and oxygen atoms in total. The summed E-state index contributed by atoms with van der Waals surface area (Å²) in [4.78, 5) is 29.9. The Morgan fingerprint density at radius 3 is 2.89 bits per heavy atom. The van der Waals surface area contributed by atoms with Crippen LogP contribution in [0.2, 0.25) is 0 Å². The van der Waals surface area contributed by atoms with Crippen LogP contribution in [0.15, 0.2) is 22.7 Å². The quantitative estimate of drug-likeness (QED) is 0.530. The number of ether oxygens (including phenoxy) is 1. The van der Waals surface area contributed by atoms with E-state index in [1.165, 1.54) is 0 Å². The topological polar surface area (TPSA) is 87.9 Å². The minimum atomic E-state index is -0.738. The molecule has 0 radical (unpaired) electrons. The van der Waals surface area contributed by atoms with E-state index in [1.54, 1.807) is 17.9 Å². The van der Waals surface area contributed by atoms with Crippen LogP contribution >= 0.6 is 0 Å². The first-order valence-corrected chi connectivity index (χ1v) is 10.1. The molecule has 0 aromatic carbocycles. The lowest BCUT2D eigenvalue weighted by Gasteiger charge is -2.23. The number of amides is 2. The second kappa shape index (κ2) is 7.33. The van der Waals surface area contributed by atoms with E-state index in [9.17, 15) is 9.59 Å². The molecule has 1 aromatic rings. The van der Waals surface area contributed by atoms with Gasteiger partial charge in [0.2, 0.25) is 11.8 Å². The molecule has 3 unspecified atom stereocenters. The molecule has 4 heterocycles. The van der Waals surface area contributed by atoms with Gasteiger partial charge in [0.15, 0.2) is 5.82 Å². The molecule has 2 fully saturated rings. The Balaban J connectivity index is 1.42. The van der Waals surface area contributed by atoms with Crippen molar-refractivity contribution in [1.82, 2.24) is 15.4 Å². The first-order chi connectivity index (χ1) is 13.5. The van der Waals surface area contributed by atoms with E-state index in [0.29, 0.717) is 24.7 Å². The van der Waals surface area contributed by atoms with Crippen molar-refractivity contribution in [3.05, 3.63) is 24.0 Å². The average molecular weight is 388 g/mol. The number of nitrogens with zero attached hydrogens (tertiary/aromatic N) is 3. The van der Waals surface area contributed by atoms with Gasteiger partial charge >= 0.3 is 0 Å². The zero-order valence-electron chi connectivity index (χ0n) is 16.7. The normalized spacial score (nSPS) is 30.5. The molecule has 4 atom stereocenters. The van der Waals surface area contributed by atoms with Crippen LogP contribution in [0.25, 0.3) is 0 Å². The molecule has 4 rings (SSSR count). The van der Waals surface area contributed by atoms with Crippen LogP contribution in [-0.4, -0.2) is 66.3 Å². The molecule has 1 aromatic heterocycles. The molecular formula is C20H28N4O4. The lowest BCUT2D eigenvalue weighted by Crippen LogP contribution is -2.44. The largest absolute Gasteiger partial charge is 0.360 e. The Morgan fingerprint density at radius 1 is 1.43 bits per heavy atom. The highest BCUT2D eigenvalue weighted by Crippen LogP contribution is 2.52. The van der Waals surface area contributed by atoms with Crippen LogP contribution < -0.4 is 10.2 Å². The summed E-state index contributed by atoms with van der Waals surface area (Å²) in [6.45, 7) is 9.97. The van der Waals surface area contributed by atoms with Crippen molar-refractivity contribution in [2.45, 2.75) is 38.9 Å². The highest BCUT2D eigenvalue weighted by molar-refractivity contribution is 6.02. The Bertz CT molecular complexity index is 787. The monoisotopic (exact) mass is 388 g/mol. The smallest absolute Gasteiger partial charge is 0.235 e. The first kappa shape index (κ1) is 19.1. The Hall–Kier alpha value is -2.19. The third-order valence-corrected chi connectivity index (χ3v) is 6.14. The summed E-state index contributed by atoms with van der Waals surface area (Å²) < 4.78 is 11.2. The maximum atomic E-state index is 13.1. The number of carbonyl (C=O) groups excluding carboxylic acids is 2. The van der Waals surface area contributed by atoms with E-state index in [2.05, 4.69) is 29.2 Å². The summed E-state index contributed by atoms with van der Waals surface area (Å²) in [6.07, 6.45) is 4.41. The molecule has 1 spiro atoms. The summed E-state index contributed by atoms with van der Waals surface area (Å²) in [5.41, 5.74) is -0.738. The number of carbonyl (C=O) groups is 2. The van der Waals surface area contributed by atoms with Crippen molar-refractivity contribution in [2.75, 3.05) is 37.6 Å². The van der Waals surface area contributed by atoms with Gasteiger partial charge in [-0.25, -0.2) is 0 Å². The Labute approximate surface area is 164 Å². The fraction of sp³-hybridized carbons (Fsp3) is 0.650. The van der Waals surface area contributed by atoms with E-state index in [0.717, 1.165) is 26.1 Å². The first-order valence-electron chi connectivity index (χ1n) is 10.1. The van der Waals surface area contributed by atoms with E-state index < -0.39 is 17.4 Å². The van der Waals surface area contributed by atoms with Crippen molar-refractivity contribution >= 4 is 17.6 Å². The molecule has 0 saturated carbocycles. The molecule has 28 heavy (non-hydrogen) atoms. The third-order valence-electron chi connectivity index (χ3n) is 6.14. The SMILES string of the molecule is CCN(CC)CCCNC(=O)C1C2C=C[C@@]3(CN(c4cc(C)on4)C(=O)C13)O2. The maximum Gasteiger partial charge on any atom is 0.235 e. The van der Waals surface area contributed by atoms with Crippen molar-refractivity contribution in [3.63, 3.8) is 0 Å². The van der Waals surface area contributed by atoms with E-state index in [4.69, 9.17) is 9.26 Å². The molecule has 0 aliphatic carbocycles. The van der Waals surface area contributed by atoms with Crippen LogP contribution in [0.4, 0.5) is 5.82 Å². The van der Waals surface area contributed by atoms with Crippen LogP contribution in [0.3, 0.4) is 0 Å². The number of rotatable bonds is 8. The van der Waals surface area contributed by atoms with E-state index >= 15 is 0 Å². The fourth-order valence-electron chi connectivity index (χ4n) is 4.64. The van der Waals surface area contributed by atoms with E-state index in [-0.39, 0.29) is 17.9 Å². The zero-order chi connectivity index (χ0) is 19.9. The predicted octanol–water partition coefficient (Wildman–Crippen LogP) is 1.12. The average Bonchev–Trinajstić information content (AvgIpc) is 3.43. The lowest BCUT2D eigenvalue weighted by atomic mass is 9.77. The highest BCUT2D eigenvalue weighted by Gasteiger charge is 2.67. The summed E-state index contributed by atoms with van der Waals surface area (Å²) >= 11 is 0. The van der Waals surface area contributed by atoms with Crippen molar-refractivity contribution in [2.24, 2.45) is 11.8 Å². The Kier molecular flexibility index (Phi) is 5.01. The van der Waals surface area contributed by atoms with Gasteiger partial charge in [0.05, 0.1) is 24.5 Å². The number of fused-ring (bicyclic) bond motifs is 1. The number of anilines is 1. The fourth-order valence-corrected chi connectivity index (χ4v) is 4.64. The number of aromatic nitrogens is 1. The highest BCUT2D eigenvalue weighted by atomic mass is 16.5. The molecule has 1 N–H and O–H groups in total. The van der Waals surface area contributed by atoms with Gasteiger partial charge in [-0.05, 0) is 33.0 Å². The number of aryl methyl sites for hydroxylation is 1. The molecule has 2 bridgehead atoms. The molecule has 2 saturated heterocycles. The molecule has 152 valence electrons. The minimum absolute atomic E-state index is 0.104. The van der Waals surface area contributed by atoms with Gasteiger partial charge in [0.25, 0.3) is 0 Å².